The summed E-state index contributed by atoms with van der Waals surface area (Å²) in [7, 11) is 0. The number of hydrogen-bond acceptors (Lipinski definition) is 3. The summed E-state index contributed by atoms with van der Waals surface area (Å²) in [5.74, 6) is -0.262. The molecule has 4 nitrogen and oxygen atoms in total. The van der Waals surface area contributed by atoms with E-state index in [1.165, 1.54) is 0 Å². The minimum absolute atomic E-state index is 0. The Bertz CT molecular complexity index is 142. The van der Waals surface area contributed by atoms with E-state index >= 15 is 0 Å². The van der Waals surface area contributed by atoms with Crippen molar-refractivity contribution in [3.05, 3.63) is 0 Å². The van der Waals surface area contributed by atoms with Gasteiger partial charge in [0.25, 0.3) is 5.91 Å². The minimum atomic E-state index is -0.262. The van der Waals surface area contributed by atoms with Crippen LogP contribution in [-0.2, 0) is 4.79 Å². The molecular weight excluding hydrogens is 347 g/mol. The molecular formula is C5H10AcN2O2. The van der Waals surface area contributed by atoms with Gasteiger partial charge in [-0.25, -0.2) is 5.06 Å². The zero-order valence-electron chi connectivity index (χ0n) is 6.03. The second kappa shape index (κ2) is 4.01. The van der Waals surface area contributed by atoms with E-state index in [0.717, 1.165) is 0 Å². The SMILES string of the molecule is C[C@@H]1N[C@@H](C)N(O)C1=O.[Ac]. The normalized spacial score (nSPS) is 32.3. The number of nitrogens with one attached hydrogen (secondary N) is 1. The van der Waals surface area contributed by atoms with Gasteiger partial charge < -0.3 is 0 Å². The summed E-state index contributed by atoms with van der Waals surface area (Å²) < 4.78 is 0. The fraction of sp³-hybridized carbons (Fsp3) is 0.800. The standard InChI is InChI=1S/C5H10N2O2.Ac/c1-3-5(8)7(9)4(2)6-3;/h3-4,6,9H,1-2H3;/t3-,4+;/m0./s1. The zero-order chi connectivity index (χ0) is 7.02. The number of hydrogen-bond donors (Lipinski definition) is 2. The Hall–Kier alpha value is 0.832. The third kappa shape index (κ3) is 1.91. The number of nitrogens with zero attached hydrogens (tertiary/aromatic N) is 1. The monoisotopic (exact) mass is 357 g/mol. The van der Waals surface area contributed by atoms with E-state index in [4.69, 9.17) is 5.21 Å². The summed E-state index contributed by atoms with van der Waals surface area (Å²) in [5, 5.41) is 12.4. The molecule has 0 saturated carbocycles. The zero-order valence-corrected chi connectivity index (χ0v) is 10.8. The summed E-state index contributed by atoms with van der Waals surface area (Å²) in [4.78, 5) is 10.7. The molecule has 0 spiro atoms. The van der Waals surface area contributed by atoms with Crippen LogP contribution < -0.4 is 5.32 Å². The molecule has 0 aromatic rings. The molecule has 55 valence electrons. The van der Waals surface area contributed by atoms with Gasteiger partial charge in [-0.1, -0.05) is 0 Å². The summed E-state index contributed by atoms with van der Waals surface area (Å²) in [6.07, 6.45) is -0.243. The van der Waals surface area contributed by atoms with E-state index in [-0.39, 0.29) is 62.2 Å². The van der Waals surface area contributed by atoms with Crippen molar-refractivity contribution in [2.45, 2.75) is 26.1 Å². The number of carbonyl (C=O) groups is 1. The number of amides is 1. The molecule has 1 amide bonds. The first-order chi connectivity index (χ1) is 4.13. The van der Waals surface area contributed by atoms with E-state index in [2.05, 4.69) is 5.32 Å². The molecule has 1 aliphatic heterocycles. The second-order valence-electron chi connectivity index (χ2n) is 2.25. The molecule has 0 aromatic carbocycles. The van der Waals surface area contributed by atoms with Crippen LogP contribution >= 0.6 is 0 Å². The van der Waals surface area contributed by atoms with Crippen molar-refractivity contribution in [1.29, 1.82) is 0 Å². The van der Waals surface area contributed by atoms with Gasteiger partial charge in [-0.15, -0.1) is 0 Å². The summed E-state index contributed by atoms with van der Waals surface area (Å²) in [6, 6.07) is -0.245. The fourth-order valence-corrected chi connectivity index (χ4v) is 0.893. The molecule has 2 N–H and O–H groups in total. The van der Waals surface area contributed by atoms with Crippen molar-refractivity contribution in [3.63, 3.8) is 0 Å². The molecule has 5 heteroatoms. The van der Waals surface area contributed by atoms with Gasteiger partial charge in [-0.3, -0.25) is 15.3 Å². The third-order valence-electron chi connectivity index (χ3n) is 1.45. The first-order valence-electron chi connectivity index (χ1n) is 2.91. The average Bonchev–Trinajstić information content (AvgIpc) is 1.98. The maximum absolute atomic E-state index is 10.7. The van der Waals surface area contributed by atoms with Crippen LogP contribution in [0.2, 0.25) is 0 Å². The predicted molar refractivity (Wildman–Crippen MR) is 30.7 cm³/mol. The van der Waals surface area contributed by atoms with Crippen molar-refractivity contribution in [2.75, 3.05) is 0 Å². The van der Waals surface area contributed by atoms with Crippen LogP contribution in [-0.4, -0.2) is 28.4 Å². The van der Waals surface area contributed by atoms with Crippen LogP contribution in [0.5, 0.6) is 0 Å². The van der Waals surface area contributed by atoms with Gasteiger partial charge >= 0.3 is 0 Å². The maximum Gasteiger partial charge on any atom is 0.264 e. The summed E-state index contributed by atoms with van der Waals surface area (Å²) in [6.45, 7) is 3.44. The molecule has 0 aromatic heterocycles. The van der Waals surface area contributed by atoms with Gasteiger partial charge in [-0.05, 0) is 13.8 Å². The van der Waals surface area contributed by atoms with Crippen molar-refractivity contribution in [1.82, 2.24) is 10.4 Å². The molecule has 1 heterocycles. The van der Waals surface area contributed by atoms with E-state index in [0.29, 0.717) is 5.06 Å². The van der Waals surface area contributed by atoms with E-state index < -0.39 is 0 Å². The Labute approximate surface area is 95.5 Å². The molecule has 1 fully saturated rings. The van der Waals surface area contributed by atoms with Crippen molar-refractivity contribution in [2.24, 2.45) is 0 Å². The molecule has 1 saturated heterocycles. The topological polar surface area (TPSA) is 52.6 Å². The van der Waals surface area contributed by atoms with Gasteiger partial charge in [0.05, 0.1) is 6.04 Å². The number of rotatable bonds is 0. The van der Waals surface area contributed by atoms with Crippen molar-refractivity contribution >= 4 is 5.91 Å². The van der Waals surface area contributed by atoms with Crippen molar-refractivity contribution < 1.29 is 54.1 Å². The average molecular weight is 357 g/mol. The summed E-state index contributed by atoms with van der Waals surface area (Å²) >= 11 is 0. The smallest absolute Gasteiger partial charge is 0.264 e. The van der Waals surface area contributed by atoms with Gasteiger partial charge in [-0.2, -0.15) is 0 Å². The number of hydroxylamine groups is 2. The van der Waals surface area contributed by atoms with E-state index in [9.17, 15) is 4.79 Å². The molecule has 0 bridgehead atoms. The van der Waals surface area contributed by atoms with Gasteiger partial charge in [0.15, 0.2) is 0 Å². The van der Waals surface area contributed by atoms with Crippen LogP contribution in [0.1, 0.15) is 13.8 Å². The molecule has 2 atom stereocenters. The molecule has 1 aliphatic rings. The Balaban J connectivity index is 0.000000810. The van der Waals surface area contributed by atoms with Crippen LogP contribution in [0.3, 0.4) is 0 Å². The van der Waals surface area contributed by atoms with Crippen LogP contribution in [0.15, 0.2) is 0 Å². The maximum atomic E-state index is 10.7. The van der Waals surface area contributed by atoms with Crippen LogP contribution in [0.25, 0.3) is 0 Å². The van der Waals surface area contributed by atoms with Gasteiger partial charge in [0, 0.05) is 44.1 Å². The quantitative estimate of drug-likeness (QED) is 0.577. The van der Waals surface area contributed by atoms with Gasteiger partial charge in [0.2, 0.25) is 0 Å². The Morgan fingerprint density at radius 2 is 2.10 bits per heavy atom. The van der Waals surface area contributed by atoms with E-state index in [1.54, 1.807) is 13.8 Å². The molecule has 10 heavy (non-hydrogen) atoms. The largest absolute Gasteiger partial charge is 0.284 e. The van der Waals surface area contributed by atoms with E-state index in [1.807, 2.05) is 0 Å². The first kappa shape index (κ1) is 10.8. The molecule has 0 unspecified atom stereocenters. The second-order valence-corrected chi connectivity index (χ2v) is 2.25. The van der Waals surface area contributed by atoms with Crippen molar-refractivity contribution in [3.8, 4) is 0 Å². The third-order valence-corrected chi connectivity index (χ3v) is 1.45. The number of carbonyl (C=O) groups excluding carboxylic acids is 1. The summed E-state index contributed by atoms with van der Waals surface area (Å²) in [5.41, 5.74) is 0. The molecule has 0 aliphatic carbocycles. The Kier molecular flexibility index (Phi) is 4.34. The Morgan fingerprint density at radius 3 is 2.20 bits per heavy atom. The fourth-order valence-electron chi connectivity index (χ4n) is 0.893. The Morgan fingerprint density at radius 1 is 1.60 bits per heavy atom. The predicted octanol–water partition coefficient (Wildman–Crippen LogP) is -0.458. The first-order valence-corrected chi connectivity index (χ1v) is 2.91. The van der Waals surface area contributed by atoms with Gasteiger partial charge in [0.1, 0.15) is 6.17 Å². The minimum Gasteiger partial charge on any atom is -0.284 e. The molecule has 1 rings (SSSR count). The van der Waals surface area contributed by atoms with Crippen LogP contribution in [0.4, 0.5) is 0 Å². The molecule has 1 radical (unpaired) electrons. The van der Waals surface area contributed by atoms with Crippen LogP contribution in [0, 0.1) is 44.1 Å².